The molecule has 0 aromatic carbocycles. The van der Waals surface area contributed by atoms with Crippen molar-refractivity contribution in [3.63, 3.8) is 0 Å². The van der Waals surface area contributed by atoms with Crippen molar-refractivity contribution in [2.24, 2.45) is 5.41 Å². The number of hydrogen-bond donors (Lipinski definition) is 1. The monoisotopic (exact) mass is 186 g/mol. The largest absolute Gasteiger partial charge is 0.391 e. The van der Waals surface area contributed by atoms with Crippen molar-refractivity contribution < 1.29 is 9.84 Å². The molecule has 1 rings (SSSR count). The summed E-state index contributed by atoms with van der Waals surface area (Å²) in [5.41, 5.74) is 0.435. The van der Waals surface area contributed by atoms with Crippen LogP contribution in [0.3, 0.4) is 0 Å². The number of ether oxygens (including phenoxy) is 1. The molecule has 2 nitrogen and oxygen atoms in total. The van der Waals surface area contributed by atoms with Gasteiger partial charge in [-0.25, -0.2) is 0 Å². The maximum absolute atomic E-state index is 9.12. The summed E-state index contributed by atoms with van der Waals surface area (Å²) >= 11 is 0. The van der Waals surface area contributed by atoms with Crippen LogP contribution in [0.5, 0.6) is 0 Å². The first kappa shape index (κ1) is 11.0. The van der Waals surface area contributed by atoms with E-state index in [1.165, 1.54) is 0 Å². The zero-order chi connectivity index (χ0) is 10.1. The van der Waals surface area contributed by atoms with Crippen LogP contribution in [0.4, 0.5) is 0 Å². The van der Waals surface area contributed by atoms with Gasteiger partial charge in [-0.15, -0.1) is 0 Å². The van der Waals surface area contributed by atoms with Crippen molar-refractivity contribution in [2.75, 3.05) is 6.61 Å². The van der Waals surface area contributed by atoms with Gasteiger partial charge in [0, 0.05) is 0 Å². The predicted octanol–water partition coefficient (Wildman–Crippen LogP) is 2.35. The van der Waals surface area contributed by atoms with E-state index in [2.05, 4.69) is 20.8 Å². The Morgan fingerprint density at radius 3 is 2.23 bits per heavy atom. The lowest BCUT2D eigenvalue weighted by atomic mass is 9.88. The Hall–Kier alpha value is -0.0800. The van der Waals surface area contributed by atoms with E-state index in [0.717, 1.165) is 19.3 Å². The smallest absolute Gasteiger partial charge is 0.0745 e. The Morgan fingerprint density at radius 1 is 1.38 bits per heavy atom. The highest BCUT2D eigenvalue weighted by molar-refractivity contribution is 4.98. The van der Waals surface area contributed by atoms with E-state index in [9.17, 15) is 0 Å². The minimum absolute atomic E-state index is 0.106. The Labute approximate surface area is 81.3 Å². The Bertz CT molecular complexity index is 163. The van der Waals surface area contributed by atoms with Gasteiger partial charge >= 0.3 is 0 Å². The Balaban J connectivity index is 2.31. The van der Waals surface area contributed by atoms with Crippen LogP contribution in [-0.2, 0) is 4.74 Å². The second-order valence-corrected chi connectivity index (χ2v) is 5.58. The topological polar surface area (TPSA) is 29.5 Å². The summed E-state index contributed by atoms with van der Waals surface area (Å²) in [6.45, 7) is 8.96. The molecule has 0 amide bonds. The molecule has 1 atom stereocenters. The van der Waals surface area contributed by atoms with Crippen LogP contribution >= 0.6 is 0 Å². The average molecular weight is 186 g/mol. The number of rotatable bonds is 4. The molecule has 0 bridgehead atoms. The first-order valence-corrected chi connectivity index (χ1v) is 5.15. The lowest BCUT2D eigenvalue weighted by Crippen LogP contribution is -2.26. The predicted molar refractivity (Wildman–Crippen MR) is 53.7 cm³/mol. The third-order valence-electron chi connectivity index (χ3n) is 2.29. The second kappa shape index (κ2) is 3.58. The maximum Gasteiger partial charge on any atom is 0.0745 e. The summed E-state index contributed by atoms with van der Waals surface area (Å²) in [6.07, 6.45) is 3.10. The fourth-order valence-electron chi connectivity index (χ4n) is 1.78. The summed E-state index contributed by atoms with van der Waals surface area (Å²) in [5.74, 6) is 0. The second-order valence-electron chi connectivity index (χ2n) is 5.58. The molecule has 13 heavy (non-hydrogen) atoms. The third kappa shape index (κ3) is 4.10. The van der Waals surface area contributed by atoms with Crippen LogP contribution < -0.4 is 0 Å². The van der Waals surface area contributed by atoms with E-state index in [0.29, 0.717) is 12.0 Å². The van der Waals surface area contributed by atoms with Gasteiger partial charge in [-0.1, -0.05) is 20.8 Å². The van der Waals surface area contributed by atoms with Gasteiger partial charge in [0.15, 0.2) is 0 Å². The number of aliphatic hydroxyl groups is 1. The SMILES string of the molecule is CC(O)COC1(CC(C)(C)C)CC1. The molecule has 2 heteroatoms. The summed E-state index contributed by atoms with van der Waals surface area (Å²) in [5, 5.41) is 9.12. The molecule has 0 aromatic heterocycles. The molecule has 1 aliphatic carbocycles. The number of hydrogen-bond acceptors (Lipinski definition) is 2. The van der Waals surface area contributed by atoms with Gasteiger partial charge in [0.05, 0.1) is 18.3 Å². The molecule has 1 unspecified atom stereocenters. The molecule has 0 spiro atoms. The maximum atomic E-state index is 9.12. The van der Waals surface area contributed by atoms with Crippen molar-refractivity contribution in [3.05, 3.63) is 0 Å². The summed E-state index contributed by atoms with van der Waals surface area (Å²) in [7, 11) is 0. The molecule has 0 radical (unpaired) electrons. The Morgan fingerprint density at radius 2 is 1.92 bits per heavy atom. The normalized spacial score (nSPS) is 22.8. The fourth-order valence-corrected chi connectivity index (χ4v) is 1.78. The highest BCUT2D eigenvalue weighted by Gasteiger charge is 2.46. The van der Waals surface area contributed by atoms with E-state index in [-0.39, 0.29) is 11.7 Å². The molecular weight excluding hydrogens is 164 g/mol. The van der Waals surface area contributed by atoms with Crippen LogP contribution in [0.1, 0.15) is 47.0 Å². The van der Waals surface area contributed by atoms with Gasteiger partial charge in [0.1, 0.15) is 0 Å². The van der Waals surface area contributed by atoms with Gasteiger partial charge in [0.2, 0.25) is 0 Å². The third-order valence-corrected chi connectivity index (χ3v) is 2.29. The summed E-state index contributed by atoms with van der Waals surface area (Å²) < 4.78 is 5.73. The Kier molecular flexibility index (Phi) is 3.03. The number of aliphatic hydroxyl groups excluding tert-OH is 1. The van der Waals surface area contributed by atoms with E-state index < -0.39 is 0 Å². The fraction of sp³-hybridized carbons (Fsp3) is 1.00. The lowest BCUT2D eigenvalue weighted by Gasteiger charge is -2.26. The van der Waals surface area contributed by atoms with Crippen molar-refractivity contribution >= 4 is 0 Å². The standard InChI is InChI=1S/C11H22O2/c1-9(12)7-13-11(5-6-11)8-10(2,3)4/h9,12H,5-8H2,1-4H3. The van der Waals surface area contributed by atoms with E-state index >= 15 is 0 Å². The van der Waals surface area contributed by atoms with Crippen LogP contribution in [-0.4, -0.2) is 23.4 Å². The van der Waals surface area contributed by atoms with E-state index in [1.54, 1.807) is 6.92 Å². The molecule has 1 fully saturated rings. The van der Waals surface area contributed by atoms with Gasteiger partial charge in [-0.3, -0.25) is 0 Å². The first-order valence-electron chi connectivity index (χ1n) is 5.15. The molecule has 78 valence electrons. The van der Waals surface area contributed by atoms with Crippen LogP contribution in [0, 0.1) is 5.41 Å². The van der Waals surface area contributed by atoms with Crippen LogP contribution in [0.25, 0.3) is 0 Å². The van der Waals surface area contributed by atoms with Crippen molar-refractivity contribution in [1.82, 2.24) is 0 Å². The first-order chi connectivity index (χ1) is 5.83. The van der Waals surface area contributed by atoms with E-state index in [1.807, 2.05) is 0 Å². The molecule has 0 saturated heterocycles. The molecule has 1 N–H and O–H groups in total. The zero-order valence-electron chi connectivity index (χ0n) is 9.26. The van der Waals surface area contributed by atoms with Gasteiger partial charge in [-0.05, 0) is 31.6 Å². The van der Waals surface area contributed by atoms with Crippen LogP contribution in [0.15, 0.2) is 0 Å². The minimum Gasteiger partial charge on any atom is -0.391 e. The summed E-state index contributed by atoms with van der Waals surface area (Å²) in [6, 6.07) is 0. The molecular formula is C11H22O2. The minimum atomic E-state index is -0.336. The molecule has 0 aromatic rings. The zero-order valence-corrected chi connectivity index (χ0v) is 9.26. The van der Waals surface area contributed by atoms with E-state index in [4.69, 9.17) is 9.84 Å². The molecule has 0 heterocycles. The van der Waals surface area contributed by atoms with Gasteiger partial charge in [-0.2, -0.15) is 0 Å². The van der Waals surface area contributed by atoms with Crippen molar-refractivity contribution in [2.45, 2.75) is 58.7 Å². The van der Waals surface area contributed by atoms with Gasteiger partial charge in [0.25, 0.3) is 0 Å². The molecule has 1 saturated carbocycles. The van der Waals surface area contributed by atoms with Crippen molar-refractivity contribution in [1.29, 1.82) is 0 Å². The molecule has 1 aliphatic rings. The highest BCUT2D eigenvalue weighted by Crippen LogP contribution is 2.47. The van der Waals surface area contributed by atoms with Crippen molar-refractivity contribution in [3.8, 4) is 0 Å². The molecule has 0 aliphatic heterocycles. The average Bonchev–Trinajstić information content (AvgIpc) is 2.62. The highest BCUT2D eigenvalue weighted by atomic mass is 16.5. The lowest BCUT2D eigenvalue weighted by molar-refractivity contribution is -0.0352. The summed E-state index contributed by atoms with van der Waals surface area (Å²) in [4.78, 5) is 0. The van der Waals surface area contributed by atoms with Gasteiger partial charge < -0.3 is 9.84 Å². The van der Waals surface area contributed by atoms with Crippen LogP contribution in [0.2, 0.25) is 0 Å². The quantitative estimate of drug-likeness (QED) is 0.730.